The lowest BCUT2D eigenvalue weighted by atomic mass is 10.1. The van der Waals surface area contributed by atoms with Crippen molar-refractivity contribution in [2.45, 2.75) is 0 Å². The number of hydrogen-bond acceptors (Lipinski definition) is 4. The molecule has 1 aromatic carbocycles. The topological polar surface area (TPSA) is 80.0 Å². The average Bonchev–Trinajstić information content (AvgIpc) is 2.71. The van der Waals surface area contributed by atoms with E-state index in [2.05, 4.69) is 15.4 Å². The molecule has 6 heteroatoms. The number of hydrogen-bond donors (Lipinski definition) is 2. The maximum Gasteiger partial charge on any atom is 0.335 e. The number of anilines is 1. The summed E-state index contributed by atoms with van der Waals surface area (Å²) in [5.41, 5.74) is 1.74. The summed E-state index contributed by atoms with van der Waals surface area (Å²) in [6.07, 6.45) is 4.88. The molecule has 2 N–H and O–H groups in total. The minimum absolute atomic E-state index is 0.224. The van der Waals surface area contributed by atoms with Crippen LogP contribution in [0.1, 0.15) is 10.4 Å². The van der Waals surface area contributed by atoms with E-state index >= 15 is 0 Å². The van der Waals surface area contributed by atoms with Crippen molar-refractivity contribution in [2.75, 3.05) is 5.32 Å². The van der Waals surface area contributed by atoms with Crippen molar-refractivity contribution >= 4 is 17.9 Å². The Labute approximate surface area is 96.2 Å². The van der Waals surface area contributed by atoms with Crippen LogP contribution in [0.5, 0.6) is 0 Å². The molecule has 0 radical (unpaired) electrons. The maximum absolute atomic E-state index is 10.9. The van der Waals surface area contributed by atoms with Gasteiger partial charge in [-0.1, -0.05) is 0 Å². The second-order valence-electron chi connectivity index (χ2n) is 3.55. The molecule has 0 atom stereocenters. The van der Waals surface area contributed by atoms with Crippen LogP contribution in [0.4, 0.5) is 5.69 Å². The summed E-state index contributed by atoms with van der Waals surface area (Å²) >= 11 is 0. The van der Waals surface area contributed by atoms with Gasteiger partial charge in [-0.25, -0.2) is 14.5 Å². The van der Waals surface area contributed by atoms with Crippen LogP contribution < -0.4 is 5.32 Å². The van der Waals surface area contributed by atoms with Crippen molar-refractivity contribution in [1.29, 1.82) is 0 Å². The first kappa shape index (κ1) is 9.59. The van der Waals surface area contributed by atoms with Crippen LogP contribution >= 0.6 is 0 Å². The Kier molecular flexibility index (Phi) is 1.94. The lowest BCUT2D eigenvalue weighted by molar-refractivity contribution is 0.0697. The minimum Gasteiger partial charge on any atom is -0.478 e. The number of rotatable bonds is 1. The predicted octanol–water partition coefficient (Wildman–Crippen LogP) is 1.50. The summed E-state index contributed by atoms with van der Waals surface area (Å²) in [7, 11) is 0. The Morgan fingerprint density at radius 1 is 1.41 bits per heavy atom. The molecule has 6 nitrogen and oxygen atoms in total. The maximum atomic E-state index is 10.9. The van der Waals surface area contributed by atoms with Crippen LogP contribution in [0, 0.1) is 0 Å². The predicted molar refractivity (Wildman–Crippen MR) is 61.4 cm³/mol. The Bertz CT molecular complexity index is 630. The number of carbonyl (C=O) groups is 1. The van der Waals surface area contributed by atoms with E-state index < -0.39 is 5.97 Å². The largest absolute Gasteiger partial charge is 0.478 e. The molecule has 1 aliphatic heterocycles. The summed E-state index contributed by atoms with van der Waals surface area (Å²) in [6.45, 7) is 0. The van der Waals surface area contributed by atoms with Crippen molar-refractivity contribution in [3.63, 3.8) is 0 Å². The Balaban J connectivity index is 2.25. The molecule has 1 aliphatic rings. The average molecular weight is 228 g/mol. The minimum atomic E-state index is -0.962. The second-order valence-corrected chi connectivity index (χ2v) is 3.55. The molecule has 0 unspecified atom stereocenters. The molecular formula is C11H8N4O2. The zero-order valence-electron chi connectivity index (χ0n) is 8.66. The van der Waals surface area contributed by atoms with Crippen LogP contribution in [-0.2, 0) is 0 Å². The molecule has 0 amide bonds. The van der Waals surface area contributed by atoms with E-state index in [4.69, 9.17) is 5.11 Å². The standard InChI is InChI=1S/C11H8N4O2/c16-11(17)7-1-2-9-8(5-7)10-13-6-14-15(10)4-3-12-9/h1-6,12H,(H,16,17). The molecule has 2 aromatic rings. The van der Waals surface area contributed by atoms with Gasteiger partial charge in [-0.05, 0) is 18.2 Å². The fourth-order valence-corrected chi connectivity index (χ4v) is 1.74. The number of benzene rings is 1. The van der Waals surface area contributed by atoms with Gasteiger partial charge < -0.3 is 10.4 Å². The van der Waals surface area contributed by atoms with Crippen LogP contribution in [0.25, 0.3) is 17.6 Å². The van der Waals surface area contributed by atoms with Gasteiger partial charge in [-0.15, -0.1) is 0 Å². The van der Waals surface area contributed by atoms with E-state index in [9.17, 15) is 4.79 Å². The zero-order valence-corrected chi connectivity index (χ0v) is 8.66. The van der Waals surface area contributed by atoms with Gasteiger partial charge in [0, 0.05) is 23.7 Å². The number of aromatic carboxylic acids is 1. The second kappa shape index (κ2) is 3.44. The normalized spacial score (nSPS) is 12.2. The van der Waals surface area contributed by atoms with Gasteiger partial charge in [0.2, 0.25) is 0 Å². The number of nitrogens with one attached hydrogen (secondary N) is 1. The van der Waals surface area contributed by atoms with Crippen molar-refractivity contribution in [3.8, 4) is 11.4 Å². The van der Waals surface area contributed by atoms with Crippen LogP contribution in [0.2, 0.25) is 0 Å². The van der Waals surface area contributed by atoms with Crippen LogP contribution in [-0.4, -0.2) is 25.8 Å². The molecule has 3 rings (SSSR count). The quantitative estimate of drug-likeness (QED) is 0.773. The number of carboxylic acid groups (broad SMARTS) is 1. The molecule has 17 heavy (non-hydrogen) atoms. The van der Waals surface area contributed by atoms with Crippen molar-refractivity contribution in [1.82, 2.24) is 14.8 Å². The molecule has 0 aliphatic carbocycles. The molecule has 2 heterocycles. The zero-order chi connectivity index (χ0) is 11.8. The van der Waals surface area contributed by atoms with E-state index in [1.165, 1.54) is 6.33 Å². The number of carboxylic acids is 1. The molecule has 0 saturated carbocycles. The summed E-state index contributed by atoms with van der Waals surface area (Å²) in [6, 6.07) is 4.85. The molecule has 84 valence electrons. The molecular weight excluding hydrogens is 220 g/mol. The van der Waals surface area contributed by atoms with E-state index in [1.807, 2.05) is 0 Å². The fourth-order valence-electron chi connectivity index (χ4n) is 1.74. The Morgan fingerprint density at radius 2 is 2.29 bits per heavy atom. The van der Waals surface area contributed by atoms with E-state index in [0.717, 1.165) is 5.69 Å². The van der Waals surface area contributed by atoms with Gasteiger partial charge in [-0.2, -0.15) is 5.10 Å². The van der Waals surface area contributed by atoms with Gasteiger partial charge in [0.1, 0.15) is 6.33 Å². The number of fused-ring (bicyclic) bond motifs is 3. The van der Waals surface area contributed by atoms with Crippen molar-refractivity contribution in [3.05, 3.63) is 36.3 Å². The lowest BCUT2D eigenvalue weighted by Gasteiger charge is -2.06. The molecule has 1 aromatic heterocycles. The summed E-state index contributed by atoms with van der Waals surface area (Å²) in [4.78, 5) is 15.1. The lowest BCUT2D eigenvalue weighted by Crippen LogP contribution is -1.99. The van der Waals surface area contributed by atoms with Gasteiger partial charge in [0.25, 0.3) is 0 Å². The Morgan fingerprint density at radius 3 is 3.12 bits per heavy atom. The van der Waals surface area contributed by atoms with Gasteiger partial charge in [-0.3, -0.25) is 0 Å². The smallest absolute Gasteiger partial charge is 0.335 e. The molecule has 0 spiro atoms. The highest BCUT2D eigenvalue weighted by Gasteiger charge is 2.15. The van der Waals surface area contributed by atoms with Crippen LogP contribution in [0.3, 0.4) is 0 Å². The molecule has 0 fully saturated rings. The van der Waals surface area contributed by atoms with Gasteiger partial charge in [0.05, 0.1) is 5.56 Å². The monoisotopic (exact) mass is 228 g/mol. The third-order valence-corrected chi connectivity index (χ3v) is 2.54. The van der Waals surface area contributed by atoms with Crippen molar-refractivity contribution < 1.29 is 9.90 Å². The van der Waals surface area contributed by atoms with Crippen LogP contribution in [0.15, 0.2) is 30.7 Å². The number of aromatic nitrogens is 3. The first-order valence-electron chi connectivity index (χ1n) is 4.96. The Hall–Kier alpha value is -2.63. The highest BCUT2D eigenvalue weighted by molar-refractivity contribution is 5.91. The summed E-state index contributed by atoms with van der Waals surface area (Å²) in [5, 5.41) is 16.0. The highest BCUT2D eigenvalue weighted by Crippen LogP contribution is 2.29. The summed E-state index contributed by atoms with van der Waals surface area (Å²) in [5.74, 6) is -0.347. The SMILES string of the molecule is O=C(O)c1ccc2c(c1)-c1ncnn1C=CN2. The molecule has 0 bridgehead atoms. The first-order valence-corrected chi connectivity index (χ1v) is 4.96. The van der Waals surface area contributed by atoms with E-state index in [1.54, 1.807) is 35.3 Å². The third kappa shape index (κ3) is 1.46. The fraction of sp³-hybridized carbons (Fsp3) is 0. The van der Waals surface area contributed by atoms with E-state index in [-0.39, 0.29) is 5.56 Å². The van der Waals surface area contributed by atoms with Gasteiger partial charge in [0.15, 0.2) is 5.82 Å². The van der Waals surface area contributed by atoms with Crippen molar-refractivity contribution in [2.24, 2.45) is 0 Å². The highest BCUT2D eigenvalue weighted by atomic mass is 16.4. The summed E-state index contributed by atoms with van der Waals surface area (Å²) < 4.78 is 1.59. The number of nitrogens with zero attached hydrogens (tertiary/aromatic N) is 3. The first-order chi connectivity index (χ1) is 8.25. The third-order valence-electron chi connectivity index (χ3n) is 2.54. The van der Waals surface area contributed by atoms with E-state index in [0.29, 0.717) is 11.4 Å². The molecule has 0 saturated heterocycles. The van der Waals surface area contributed by atoms with Gasteiger partial charge >= 0.3 is 5.97 Å².